The first-order valence-electron chi connectivity index (χ1n) is 10.3. The van der Waals surface area contributed by atoms with Crippen LogP contribution < -0.4 is 10.6 Å². The summed E-state index contributed by atoms with van der Waals surface area (Å²) in [5, 5.41) is 16.2. The molecule has 11 nitrogen and oxygen atoms in total. The molecule has 0 aliphatic carbocycles. The number of nitrogens with zero attached hydrogens (tertiary/aromatic N) is 1. The number of hydrogen-bond donors (Lipinski definition) is 2. The molecule has 0 aliphatic heterocycles. The quantitative estimate of drug-likeness (QED) is 0.321. The van der Waals surface area contributed by atoms with E-state index in [-0.39, 0.29) is 24.3 Å². The topological polar surface area (TPSA) is 154 Å². The number of aryl methyl sites for hydroxylation is 2. The molecule has 0 saturated heterocycles. The van der Waals surface area contributed by atoms with Crippen LogP contribution in [0, 0.1) is 24.0 Å². The molecule has 0 aliphatic rings. The minimum atomic E-state index is -1.31. The first-order chi connectivity index (χ1) is 16.0. The predicted molar refractivity (Wildman–Crippen MR) is 121 cm³/mol. The molecule has 0 fully saturated rings. The molecule has 0 heterocycles. The fourth-order valence-corrected chi connectivity index (χ4v) is 2.96. The number of nitro groups is 1. The van der Waals surface area contributed by atoms with Crippen molar-refractivity contribution in [2.75, 3.05) is 18.5 Å². The van der Waals surface area contributed by atoms with Crippen molar-refractivity contribution in [3.05, 3.63) is 68.8 Å². The van der Waals surface area contributed by atoms with Gasteiger partial charge < -0.3 is 20.1 Å². The van der Waals surface area contributed by atoms with Crippen molar-refractivity contribution in [2.45, 2.75) is 33.8 Å². The maximum Gasteiger partial charge on any atom is 0.339 e. The molecule has 2 aromatic rings. The number of ether oxygens (including phenoxy) is 2. The van der Waals surface area contributed by atoms with Gasteiger partial charge in [-0.05, 0) is 44.9 Å². The van der Waals surface area contributed by atoms with Crippen molar-refractivity contribution in [2.24, 2.45) is 0 Å². The van der Waals surface area contributed by atoms with E-state index in [9.17, 15) is 29.3 Å². The molecule has 0 aromatic heterocycles. The molecule has 0 radical (unpaired) electrons. The second-order valence-corrected chi connectivity index (χ2v) is 7.33. The fraction of sp³-hybridized carbons (Fsp3) is 0.304. The predicted octanol–water partition coefficient (Wildman–Crippen LogP) is 2.69. The van der Waals surface area contributed by atoms with Crippen LogP contribution in [-0.4, -0.2) is 47.9 Å². The molecular weight excluding hydrogens is 446 g/mol. The van der Waals surface area contributed by atoms with Crippen LogP contribution in [0.1, 0.15) is 45.7 Å². The number of nitrogens with one attached hydrogen (secondary N) is 2. The van der Waals surface area contributed by atoms with E-state index < -0.39 is 40.5 Å². The minimum Gasteiger partial charge on any atom is -0.462 e. The lowest BCUT2D eigenvalue weighted by atomic mass is 10.1. The highest BCUT2D eigenvalue weighted by molar-refractivity contribution is 5.98. The number of non-ortho nitro benzene ring substituents is 1. The number of rotatable bonds is 9. The standard InChI is InChI=1S/C23H25N3O8/c1-5-33-22(29)16-9-17(11-18(10-16)26(31)32)23(30)34-15(4)21(28)24-12-19(27)25-20-13(2)7-6-8-14(20)3/h6-11,15H,5,12H2,1-4H3,(H,24,28)(H,25,27). The zero-order valence-electron chi connectivity index (χ0n) is 19.2. The van der Waals surface area contributed by atoms with Crippen LogP contribution in [0.2, 0.25) is 0 Å². The van der Waals surface area contributed by atoms with Crippen LogP contribution in [0.15, 0.2) is 36.4 Å². The smallest absolute Gasteiger partial charge is 0.339 e. The van der Waals surface area contributed by atoms with Crippen molar-refractivity contribution in [3.63, 3.8) is 0 Å². The Morgan fingerprint density at radius 2 is 1.62 bits per heavy atom. The Kier molecular flexibility index (Phi) is 8.82. The van der Waals surface area contributed by atoms with Gasteiger partial charge in [0.2, 0.25) is 5.91 Å². The van der Waals surface area contributed by atoms with Gasteiger partial charge in [-0.25, -0.2) is 9.59 Å². The third-order valence-corrected chi connectivity index (χ3v) is 4.70. The number of carbonyl (C=O) groups is 4. The molecule has 2 amide bonds. The van der Waals surface area contributed by atoms with Gasteiger partial charge in [0.05, 0.1) is 29.2 Å². The fourth-order valence-electron chi connectivity index (χ4n) is 2.96. The monoisotopic (exact) mass is 471 g/mol. The largest absolute Gasteiger partial charge is 0.462 e. The Morgan fingerprint density at radius 1 is 1.03 bits per heavy atom. The van der Waals surface area contributed by atoms with Gasteiger partial charge in [0.25, 0.3) is 11.6 Å². The normalized spacial score (nSPS) is 11.2. The molecule has 1 unspecified atom stereocenters. The first-order valence-corrected chi connectivity index (χ1v) is 10.3. The summed E-state index contributed by atoms with van der Waals surface area (Å²) in [4.78, 5) is 59.3. The molecule has 2 rings (SSSR count). The van der Waals surface area contributed by atoms with E-state index in [4.69, 9.17) is 9.47 Å². The van der Waals surface area contributed by atoms with Crippen LogP contribution in [0.4, 0.5) is 11.4 Å². The summed E-state index contributed by atoms with van der Waals surface area (Å²) in [6.07, 6.45) is -1.31. The summed E-state index contributed by atoms with van der Waals surface area (Å²) < 4.78 is 9.87. The number of esters is 2. The van der Waals surface area contributed by atoms with Crippen molar-refractivity contribution in [3.8, 4) is 0 Å². The maximum atomic E-state index is 12.5. The summed E-state index contributed by atoms with van der Waals surface area (Å²) in [7, 11) is 0. The summed E-state index contributed by atoms with van der Waals surface area (Å²) in [5.41, 5.74) is 1.34. The minimum absolute atomic E-state index is 0.0372. The lowest BCUT2D eigenvalue weighted by Gasteiger charge is -2.15. The number of amides is 2. The zero-order chi connectivity index (χ0) is 25.4. The number of anilines is 1. The number of carbonyl (C=O) groups excluding carboxylic acids is 4. The van der Waals surface area contributed by atoms with E-state index in [1.54, 1.807) is 6.92 Å². The third kappa shape index (κ3) is 6.86. The Hall–Kier alpha value is -4.28. The SMILES string of the molecule is CCOC(=O)c1cc(C(=O)OC(C)C(=O)NCC(=O)Nc2c(C)cccc2C)cc([N+](=O)[O-])c1. The van der Waals surface area contributed by atoms with E-state index in [0.29, 0.717) is 5.69 Å². The van der Waals surface area contributed by atoms with Crippen LogP contribution in [0.3, 0.4) is 0 Å². The molecule has 0 saturated carbocycles. The van der Waals surface area contributed by atoms with Crippen molar-refractivity contribution >= 4 is 35.1 Å². The molecule has 0 bridgehead atoms. The molecule has 0 spiro atoms. The number of nitro benzene ring substituents is 1. The van der Waals surface area contributed by atoms with Gasteiger partial charge in [0.15, 0.2) is 6.10 Å². The summed E-state index contributed by atoms with van der Waals surface area (Å²) in [6.45, 7) is 6.19. The molecule has 1 atom stereocenters. The van der Waals surface area contributed by atoms with Crippen LogP contribution >= 0.6 is 0 Å². The average Bonchev–Trinajstić information content (AvgIpc) is 2.79. The van der Waals surface area contributed by atoms with E-state index in [0.717, 1.165) is 29.3 Å². The van der Waals surface area contributed by atoms with E-state index >= 15 is 0 Å². The third-order valence-electron chi connectivity index (χ3n) is 4.70. The van der Waals surface area contributed by atoms with Gasteiger partial charge in [-0.3, -0.25) is 19.7 Å². The lowest BCUT2D eigenvalue weighted by molar-refractivity contribution is -0.384. The molecular formula is C23H25N3O8. The Labute approximate surface area is 195 Å². The van der Waals surface area contributed by atoms with Crippen molar-refractivity contribution < 1.29 is 33.6 Å². The second kappa shape index (κ2) is 11.5. The van der Waals surface area contributed by atoms with E-state index in [2.05, 4.69) is 10.6 Å². The second-order valence-electron chi connectivity index (χ2n) is 7.33. The lowest BCUT2D eigenvalue weighted by Crippen LogP contribution is -2.40. The van der Waals surface area contributed by atoms with Crippen LogP contribution in [0.5, 0.6) is 0 Å². The van der Waals surface area contributed by atoms with Gasteiger partial charge in [-0.15, -0.1) is 0 Å². The van der Waals surface area contributed by atoms with Gasteiger partial charge >= 0.3 is 11.9 Å². The van der Waals surface area contributed by atoms with Crippen molar-refractivity contribution in [1.29, 1.82) is 0 Å². The molecule has 2 aromatic carbocycles. The summed E-state index contributed by atoms with van der Waals surface area (Å²) >= 11 is 0. The summed E-state index contributed by atoms with van der Waals surface area (Å²) in [6, 6.07) is 8.51. The number of para-hydroxylation sites is 1. The number of benzene rings is 2. The molecule has 2 N–H and O–H groups in total. The van der Waals surface area contributed by atoms with E-state index in [1.807, 2.05) is 32.0 Å². The highest BCUT2D eigenvalue weighted by Gasteiger charge is 2.23. The molecule has 11 heteroatoms. The Morgan fingerprint density at radius 3 is 2.18 bits per heavy atom. The maximum absolute atomic E-state index is 12.5. The highest BCUT2D eigenvalue weighted by atomic mass is 16.6. The molecule has 34 heavy (non-hydrogen) atoms. The number of hydrogen-bond acceptors (Lipinski definition) is 8. The van der Waals surface area contributed by atoms with E-state index in [1.165, 1.54) is 6.92 Å². The van der Waals surface area contributed by atoms with Gasteiger partial charge in [0, 0.05) is 17.8 Å². The Balaban J connectivity index is 2.02. The van der Waals surface area contributed by atoms with Crippen LogP contribution in [-0.2, 0) is 19.1 Å². The average molecular weight is 471 g/mol. The molecule has 180 valence electrons. The Bertz CT molecular complexity index is 1110. The summed E-state index contributed by atoms with van der Waals surface area (Å²) in [5.74, 6) is -3.12. The van der Waals surface area contributed by atoms with Gasteiger partial charge in [-0.1, -0.05) is 18.2 Å². The zero-order valence-corrected chi connectivity index (χ0v) is 19.2. The highest BCUT2D eigenvalue weighted by Crippen LogP contribution is 2.20. The van der Waals surface area contributed by atoms with Gasteiger partial charge in [0.1, 0.15) is 0 Å². The van der Waals surface area contributed by atoms with Crippen molar-refractivity contribution in [1.82, 2.24) is 5.32 Å². The van der Waals surface area contributed by atoms with Gasteiger partial charge in [-0.2, -0.15) is 0 Å². The first kappa shape index (κ1) is 26.0. The van der Waals surface area contributed by atoms with Crippen LogP contribution in [0.25, 0.3) is 0 Å².